The molecule has 0 bridgehead atoms. The van der Waals surface area contributed by atoms with Crippen LogP contribution in [0.25, 0.3) is 0 Å². The van der Waals surface area contributed by atoms with Crippen LogP contribution >= 0.6 is 11.3 Å². The van der Waals surface area contributed by atoms with Crippen molar-refractivity contribution in [1.29, 1.82) is 0 Å². The second kappa shape index (κ2) is 8.17. The molecule has 0 N–H and O–H groups in total. The molecule has 0 saturated carbocycles. The Morgan fingerprint density at radius 3 is 2.52 bits per heavy atom. The van der Waals surface area contributed by atoms with E-state index in [9.17, 15) is 22.8 Å². The first kappa shape index (κ1) is 17.7. The van der Waals surface area contributed by atoms with Crippen LogP contribution in [0, 0.1) is 0 Å². The van der Waals surface area contributed by atoms with E-state index in [4.69, 9.17) is 0 Å². The second-order valence-corrected chi connectivity index (χ2v) is 5.76. The molecule has 1 aromatic heterocycles. The van der Waals surface area contributed by atoms with Crippen LogP contribution in [0.5, 0.6) is 0 Å². The van der Waals surface area contributed by atoms with Crippen molar-refractivity contribution in [2.24, 2.45) is 0 Å². The monoisotopic (exact) mass is 322 g/mol. The molecule has 0 spiro atoms. The van der Waals surface area contributed by atoms with Gasteiger partial charge in [-0.25, -0.2) is 0 Å². The van der Waals surface area contributed by atoms with Gasteiger partial charge in [0.2, 0.25) is 0 Å². The highest BCUT2D eigenvalue weighted by Gasteiger charge is 2.26. The summed E-state index contributed by atoms with van der Waals surface area (Å²) in [6, 6.07) is 3.41. The SMILES string of the molecule is COC(=O)CCCc1ccc(C(=O)CCCC(F)(F)F)s1. The molecule has 0 aliphatic heterocycles. The number of alkyl halides is 3. The van der Waals surface area contributed by atoms with Gasteiger partial charge < -0.3 is 4.74 Å². The predicted molar refractivity (Wildman–Crippen MR) is 73.5 cm³/mol. The maximum Gasteiger partial charge on any atom is 0.389 e. The molecule has 1 aromatic rings. The average molecular weight is 322 g/mol. The molecule has 0 amide bonds. The Hall–Kier alpha value is -1.37. The molecule has 0 radical (unpaired) electrons. The number of thiophene rings is 1. The third kappa shape index (κ3) is 7.27. The van der Waals surface area contributed by atoms with Crippen molar-refractivity contribution in [3.8, 4) is 0 Å². The number of Topliss-reactive ketones (excluding diaryl/α,β-unsaturated/α-hetero) is 1. The van der Waals surface area contributed by atoms with Crippen molar-refractivity contribution < 1.29 is 27.5 Å². The number of rotatable bonds is 8. The summed E-state index contributed by atoms with van der Waals surface area (Å²) in [6.07, 6.45) is -3.85. The predicted octanol–water partition coefficient (Wildman–Crippen LogP) is 4.16. The molecule has 0 fully saturated rings. The normalized spacial score (nSPS) is 11.4. The lowest BCUT2D eigenvalue weighted by atomic mass is 10.1. The standard InChI is InChI=1S/C14H17F3O3S/c1-20-13(19)6-2-4-10-7-8-12(21-10)11(18)5-3-9-14(15,16)17/h7-8H,2-6,9H2,1H3. The summed E-state index contributed by atoms with van der Waals surface area (Å²) in [6.45, 7) is 0. The van der Waals surface area contributed by atoms with E-state index in [1.54, 1.807) is 12.1 Å². The summed E-state index contributed by atoms with van der Waals surface area (Å²) in [5, 5.41) is 0. The fourth-order valence-electron chi connectivity index (χ4n) is 1.74. The Labute approximate surface area is 125 Å². The molecule has 3 nitrogen and oxygen atoms in total. The number of ether oxygens (including phenoxy) is 1. The summed E-state index contributed by atoms with van der Waals surface area (Å²) >= 11 is 1.28. The molecule has 0 atom stereocenters. The third-order valence-corrected chi connectivity index (χ3v) is 4.02. The van der Waals surface area contributed by atoms with Gasteiger partial charge in [-0.1, -0.05) is 0 Å². The van der Waals surface area contributed by atoms with Gasteiger partial charge in [-0.05, 0) is 31.4 Å². The third-order valence-electron chi connectivity index (χ3n) is 2.83. The van der Waals surface area contributed by atoms with Gasteiger partial charge in [0.05, 0.1) is 12.0 Å². The minimum absolute atomic E-state index is 0.0956. The number of halogens is 3. The molecule has 0 aliphatic carbocycles. The summed E-state index contributed by atoms with van der Waals surface area (Å²) < 4.78 is 40.5. The topological polar surface area (TPSA) is 43.4 Å². The molecule has 0 saturated heterocycles. The number of carbonyl (C=O) groups is 2. The fraction of sp³-hybridized carbons (Fsp3) is 0.571. The van der Waals surface area contributed by atoms with Crippen LogP contribution in [0.3, 0.4) is 0 Å². The van der Waals surface area contributed by atoms with E-state index < -0.39 is 12.6 Å². The van der Waals surface area contributed by atoms with Crippen LogP contribution in [0.4, 0.5) is 13.2 Å². The largest absolute Gasteiger partial charge is 0.469 e. The Morgan fingerprint density at radius 1 is 1.19 bits per heavy atom. The van der Waals surface area contributed by atoms with Crippen molar-refractivity contribution >= 4 is 23.1 Å². The summed E-state index contributed by atoms with van der Waals surface area (Å²) in [7, 11) is 1.32. The van der Waals surface area contributed by atoms with Crippen LogP contribution in [-0.4, -0.2) is 25.0 Å². The van der Waals surface area contributed by atoms with Gasteiger partial charge in [-0.2, -0.15) is 13.2 Å². The number of methoxy groups -OCH3 is 1. The van der Waals surface area contributed by atoms with E-state index >= 15 is 0 Å². The van der Waals surface area contributed by atoms with Crippen molar-refractivity contribution in [3.63, 3.8) is 0 Å². The zero-order valence-corrected chi connectivity index (χ0v) is 12.5. The van der Waals surface area contributed by atoms with E-state index in [0.29, 0.717) is 24.1 Å². The minimum atomic E-state index is -4.21. The van der Waals surface area contributed by atoms with Gasteiger partial charge in [0.1, 0.15) is 0 Å². The zero-order valence-electron chi connectivity index (χ0n) is 11.7. The van der Waals surface area contributed by atoms with Gasteiger partial charge in [0.15, 0.2) is 5.78 Å². The lowest BCUT2D eigenvalue weighted by Crippen LogP contribution is -2.08. The van der Waals surface area contributed by atoms with Crippen LogP contribution in [0.1, 0.15) is 46.7 Å². The maximum absolute atomic E-state index is 12.0. The van der Waals surface area contributed by atoms with E-state index in [-0.39, 0.29) is 24.6 Å². The number of aryl methyl sites for hydroxylation is 1. The first-order chi connectivity index (χ1) is 9.81. The van der Waals surface area contributed by atoms with E-state index in [2.05, 4.69) is 4.74 Å². The van der Waals surface area contributed by atoms with Gasteiger partial charge >= 0.3 is 12.1 Å². The Kier molecular flexibility index (Phi) is 6.87. The zero-order chi connectivity index (χ0) is 15.9. The highest BCUT2D eigenvalue weighted by molar-refractivity contribution is 7.14. The number of ketones is 1. The van der Waals surface area contributed by atoms with Crippen LogP contribution in [0.15, 0.2) is 12.1 Å². The Bertz CT molecular complexity index is 480. The van der Waals surface area contributed by atoms with Crippen LogP contribution < -0.4 is 0 Å². The van der Waals surface area contributed by atoms with Crippen molar-refractivity contribution in [3.05, 3.63) is 21.9 Å². The van der Waals surface area contributed by atoms with Crippen LogP contribution in [0.2, 0.25) is 0 Å². The van der Waals surface area contributed by atoms with Gasteiger partial charge in [-0.15, -0.1) is 11.3 Å². The lowest BCUT2D eigenvalue weighted by Gasteiger charge is -2.04. The lowest BCUT2D eigenvalue weighted by molar-refractivity contribution is -0.140. The van der Waals surface area contributed by atoms with Crippen molar-refractivity contribution in [1.82, 2.24) is 0 Å². The molecular formula is C14H17F3O3S. The number of hydrogen-bond acceptors (Lipinski definition) is 4. The molecule has 0 aromatic carbocycles. The van der Waals surface area contributed by atoms with Crippen LogP contribution in [-0.2, 0) is 16.0 Å². The average Bonchev–Trinajstić information content (AvgIpc) is 2.85. The smallest absolute Gasteiger partial charge is 0.389 e. The minimum Gasteiger partial charge on any atom is -0.469 e. The van der Waals surface area contributed by atoms with E-state index in [0.717, 1.165) is 4.88 Å². The molecule has 21 heavy (non-hydrogen) atoms. The van der Waals surface area contributed by atoms with E-state index in [1.165, 1.54) is 18.4 Å². The van der Waals surface area contributed by atoms with Crippen molar-refractivity contribution in [2.45, 2.75) is 44.7 Å². The molecule has 118 valence electrons. The summed E-state index contributed by atoms with van der Waals surface area (Å²) in [5.74, 6) is -0.543. The van der Waals surface area contributed by atoms with Gasteiger partial charge in [0.25, 0.3) is 0 Å². The molecule has 0 aliphatic rings. The first-order valence-corrected chi connectivity index (χ1v) is 7.39. The molecule has 1 rings (SSSR count). The fourth-order valence-corrected chi connectivity index (χ4v) is 2.76. The Balaban J connectivity index is 2.36. The number of carbonyl (C=O) groups excluding carboxylic acids is 2. The highest BCUT2D eigenvalue weighted by atomic mass is 32.1. The van der Waals surface area contributed by atoms with Crippen molar-refractivity contribution in [2.75, 3.05) is 7.11 Å². The summed E-state index contributed by atoms with van der Waals surface area (Å²) in [5.41, 5.74) is 0. The van der Waals surface area contributed by atoms with Gasteiger partial charge in [0, 0.05) is 24.1 Å². The number of hydrogen-bond donors (Lipinski definition) is 0. The quantitative estimate of drug-likeness (QED) is 0.533. The molecular weight excluding hydrogens is 305 g/mol. The molecule has 1 heterocycles. The Morgan fingerprint density at radius 2 is 1.90 bits per heavy atom. The second-order valence-electron chi connectivity index (χ2n) is 4.59. The van der Waals surface area contributed by atoms with E-state index in [1.807, 2.05) is 0 Å². The maximum atomic E-state index is 12.0. The molecule has 7 heteroatoms. The summed E-state index contributed by atoms with van der Waals surface area (Å²) in [4.78, 5) is 24.1. The number of esters is 1. The molecule has 0 unspecified atom stereocenters. The first-order valence-electron chi connectivity index (χ1n) is 6.57. The van der Waals surface area contributed by atoms with Gasteiger partial charge in [-0.3, -0.25) is 9.59 Å². The highest BCUT2D eigenvalue weighted by Crippen LogP contribution is 2.25.